The van der Waals surface area contributed by atoms with E-state index in [4.69, 9.17) is 9.47 Å². The van der Waals surface area contributed by atoms with Crippen LogP contribution in [0.15, 0.2) is 36.5 Å². The molecule has 1 aliphatic heterocycles. The number of hydrogen-bond donors (Lipinski definition) is 1. The summed E-state index contributed by atoms with van der Waals surface area (Å²) in [6.07, 6.45) is 4.04. The number of ether oxygens (including phenoxy) is 2. The van der Waals surface area contributed by atoms with Crippen LogP contribution in [0.1, 0.15) is 39.2 Å². The summed E-state index contributed by atoms with van der Waals surface area (Å²) in [5, 5.41) is 11.9. The number of aromatic nitrogens is 2. The first-order chi connectivity index (χ1) is 13.7. The van der Waals surface area contributed by atoms with Crippen LogP contribution < -0.4 is 19.7 Å². The minimum absolute atomic E-state index is 0.433. The predicted octanol–water partition coefficient (Wildman–Crippen LogP) is 3.67. The third-order valence-electron chi connectivity index (χ3n) is 4.78. The van der Waals surface area contributed by atoms with Gasteiger partial charge < -0.3 is 19.7 Å². The molecule has 1 unspecified atom stereocenters. The molecule has 0 aliphatic carbocycles. The highest BCUT2D eigenvalue weighted by atomic mass is 16.5. The Bertz CT molecular complexity index is 724. The van der Waals surface area contributed by atoms with Crippen LogP contribution in [0.3, 0.4) is 0 Å². The maximum atomic E-state index is 5.90. The Morgan fingerprint density at radius 2 is 2.11 bits per heavy atom. The zero-order chi connectivity index (χ0) is 19.8. The Morgan fingerprint density at radius 3 is 2.86 bits per heavy atom. The van der Waals surface area contributed by atoms with Gasteiger partial charge in [-0.1, -0.05) is 19.9 Å². The van der Waals surface area contributed by atoms with Crippen LogP contribution in [0.4, 0.5) is 5.82 Å². The number of anilines is 1. The Balaban J connectivity index is 1.58. The van der Waals surface area contributed by atoms with E-state index in [0.29, 0.717) is 25.2 Å². The minimum atomic E-state index is 0.433. The fraction of sp³-hybridized carbons (Fsp3) is 0.545. The van der Waals surface area contributed by atoms with Crippen molar-refractivity contribution < 1.29 is 9.47 Å². The zero-order valence-electron chi connectivity index (χ0n) is 17.2. The molecule has 1 saturated heterocycles. The Kier molecular flexibility index (Phi) is 7.48. The van der Waals surface area contributed by atoms with Gasteiger partial charge in [0.2, 0.25) is 0 Å². The number of nitrogens with zero attached hydrogens (tertiary/aromatic N) is 3. The molecule has 28 heavy (non-hydrogen) atoms. The van der Waals surface area contributed by atoms with Gasteiger partial charge >= 0.3 is 0 Å². The quantitative estimate of drug-likeness (QED) is 0.712. The minimum Gasteiger partial charge on any atom is -0.490 e. The van der Waals surface area contributed by atoms with Crippen molar-refractivity contribution in [2.75, 3.05) is 31.2 Å². The largest absolute Gasteiger partial charge is 0.490 e. The molecule has 1 aromatic heterocycles. The molecule has 0 spiro atoms. The molecule has 1 N–H and O–H groups in total. The summed E-state index contributed by atoms with van der Waals surface area (Å²) in [6, 6.07) is 10.6. The molecule has 152 valence electrons. The van der Waals surface area contributed by atoms with Crippen molar-refractivity contribution in [3.05, 3.63) is 42.1 Å². The van der Waals surface area contributed by atoms with Crippen molar-refractivity contribution in [2.45, 2.75) is 46.2 Å². The molecule has 6 nitrogen and oxygen atoms in total. The van der Waals surface area contributed by atoms with E-state index in [-0.39, 0.29) is 0 Å². The fourth-order valence-electron chi connectivity index (χ4n) is 3.38. The maximum Gasteiger partial charge on any atom is 0.161 e. The molecule has 1 aliphatic rings. The molecule has 0 saturated carbocycles. The molecule has 0 amide bonds. The van der Waals surface area contributed by atoms with Crippen LogP contribution in [0, 0.1) is 5.92 Å². The van der Waals surface area contributed by atoms with Gasteiger partial charge in [-0.2, -0.15) is 5.10 Å². The van der Waals surface area contributed by atoms with Crippen LogP contribution in [-0.4, -0.2) is 42.5 Å². The van der Waals surface area contributed by atoms with Gasteiger partial charge in [0.15, 0.2) is 17.3 Å². The monoisotopic (exact) mass is 384 g/mol. The second-order valence-corrected chi connectivity index (χ2v) is 7.67. The summed E-state index contributed by atoms with van der Waals surface area (Å²) in [7, 11) is 0. The van der Waals surface area contributed by atoms with Gasteiger partial charge in [0.25, 0.3) is 0 Å². The summed E-state index contributed by atoms with van der Waals surface area (Å²) >= 11 is 0. The van der Waals surface area contributed by atoms with Gasteiger partial charge in [0, 0.05) is 31.9 Å². The van der Waals surface area contributed by atoms with Gasteiger partial charge in [0.05, 0.1) is 13.2 Å². The van der Waals surface area contributed by atoms with Crippen LogP contribution in [0.25, 0.3) is 0 Å². The average Bonchev–Trinajstić information content (AvgIpc) is 2.72. The smallest absolute Gasteiger partial charge is 0.161 e. The molecule has 0 radical (unpaired) electrons. The highest BCUT2D eigenvalue weighted by Crippen LogP contribution is 2.29. The topological polar surface area (TPSA) is 59.5 Å². The highest BCUT2D eigenvalue weighted by Gasteiger charge is 2.20. The zero-order valence-corrected chi connectivity index (χ0v) is 17.2. The van der Waals surface area contributed by atoms with Gasteiger partial charge in [0.1, 0.15) is 0 Å². The van der Waals surface area contributed by atoms with Crippen LogP contribution in [0.2, 0.25) is 0 Å². The van der Waals surface area contributed by atoms with Crippen LogP contribution >= 0.6 is 0 Å². The lowest BCUT2D eigenvalue weighted by Crippen LogP contribution is -2.45. The van der Waals surface area contributed by atoms with E-state index in [1.807, 2.05) is 25.1 Å². The molecule has 1 aromatic carbocycles. The molecule has 6 heteroatoms. The summed E-state index contributed by atoms with van der Waals surface area (Å²) in [5.41, 5.74) is 1.21. The normalized spacial score (nSPS) is 17.0. The number of piperidine rings is 1. The first-order valence-corrected chi connectivity index (χ1v) is 10.3. The molecular formula is C22H32N4O2. The summed E-state index contributed by atoms with van der Waals surface area (Å²) in [4.78, 5) is 2.31. The second kappa shape index (κ2) is 10.3. The van der Waals surface area contributed by atoms with E-state index in [9.17, 15) is 0 Å². The summed E-state index contributed by atoms with van der Waals surface area (Å²) in [6.45, 7) is 10.4. The number of rotatable bonds is 9. The lowest BCUT2D eigenvalue weighted by molar-refractivity contribution is 0.248. The van der Waals surface area contributed by atoms with Gasteiger partial charge in [-0.3, -0.25) is 0 Å². The number of benzene rings is 1. The number of nitrogens with one attached hydrogen (secondary N) is 1. The molecule has 1 atom stereocenters. The van der Waals surface area contributed by atoms with Crippen molar-refractivity contribution in [3.8, 4) is 11.5 Å². The first kappa shape index (κ1) is 20.4. The van der Waals surface area contributed by atoms with Crippen LogP contribution in [0.5, 0.6) is 11.5 Å². The Morgan fingerprint density at radius 1 is 1.21 bits per heavy atom. The van der Waals surface area contributed by atoms with E-state index in [1.54, 1.807) is 6.20 Å². The van der Waals surface area contributed by atoms with Gasteiger partial charge in [-0.25, -0.2) is 0 Å². The van der Waals surface area contributed by atoms with Gasteiger partial charge in [-0.15, -0.1) is 5.10 Å². The van der Waals surface area contributed by atoms with E-state index in [0.717, 1.165) is 43.4 Å². The molecule has 3 rings (SSSR count). The maximum absolute atomic E-state index is 5.90. The third-order valence-corrected chi connectivity index (χ3v) is 4.78. The highest BCUT2D eigenvalue weighted by molar-refractivity contribution is 5.43. The summed E-state index contributed by atoms with van der Waals surface area (Å²) < 4.78 is 11.7. The van der Waals surface area contributed by atoms with Gasteiger partial charge in [-0.05, 0) is 55.5 Å². The lowest BCUT2D eigenvalue weighted by Gasteiger charge is -2.33. The standard InChI is InChI=1S/C22H32N4O2/c1-4-27-21-13-18(9-10-20(21)28-16-17(2)3)14-23-19-7-6-12-26(15-19)22-8-5-11-24-25-22/h5,8-11,13,17,19,23H,4,6-7,12,14-16H2,1-3H3. The average molecular weight is 385 g/mol. The molecule has 2 heterocycles. The van der Waals surface area contributed by atoms with Crippen molar-refractivity contribution in [3.63, 3.8) is 0 Å². The van der Waals surface area contributed by atoms with Crippen molar-refractivity contribution >= 4 is 5.82 Å². The molecule has 2 aromatic rings. The van der Waals surface area contributed by atoms with Crippen molar-refractivity contribution in [1.29, 1.82) is 0 Å². The van der Waals surface area contributed by atoms with Crippen molar-refractivity contribution in [2.24, 2.45) is 5.92 Å². The van der Waals surface area contributed by atoms with Crippen molar-refractivity contribution in [1.82, 2.24) is 15.5 Å². The lowest BCUT2D eigenvalue weighted by atomic mass is 10.1. The SMILES string of the molecule is CCOc1cc(CNC2CCCN(c3cccnn3)C2)ccc1OCC(C)C. The van der Waals surface area contributed by atoms with E-state index in [1.165, 1.54) is 12.0 Å². The Hall–Kier alpha value is -2.34. The molecule has 0 bridgehead atoms. The summed E-state index contributed by atoms with van der Waals surface area (Å²) in [5.74, 6) is 3.09. The fourth-order valence-corrected chi connectivity index (χ4v) is 3.38. The van der Waals surface area contributed by atoms with E-state index < -0.39 is 0 Å². The predicted molar refractivity (Wildman–Crippen MR) is 112 cm³/mol. The molecule has 1 fully saturated rings. The van der Waals surface area contributed by atoms with E-state index in [2.05, 4.69) is 46.4 Å². The Labute approximate surface area is 168 Å². The molecular weight excluding hydrogens is 352 g/mol. The third kappa shape index (κ3) is 5.83. The first-order valence-electron chi connectivity index (χ1n) is 10.3. The number of hydrogen-bond acceptors (Lipinski definition) is 6. The van der Waals surface area contributed by atoms with E-state index >= 15 is 0 Å². The second-order valence-electron chi connectivity index (χ2n) is 7.67. The van der Waals surface area contributed by atoms with Crippen LogP contribution in [-0.2, 0) is 6.54 Å².